The lowest BCUT2D eigenvalue weighted by molar-refractivity contribution is 0.0377. The van der Waals surface area contributed by atoms with Crippen molar-refractivity contribution >= 4 is 5.91 Å². The van der Waals surface area contributed by atoms with Gasteiger partial charge in [-0.25, -0.2) is 0 Å². The van der Waals surface area contributed by atoms with E-state index in [0.29, 0.717) is 31.4 Å². The van der Waals surface area contributed by atoms with E-state index in [-0.39, 0.29) is 5.91 Å². The Morgan fingerprint density at radius 2 is 1.48 bits per heavy atom. The first-order chi connectivity index (χ1) is 13.1. The predicted octanol–water partition coefficient (Wildman–Crippen LogP) is 4.48. The van der Waals surface area contributed by atoms with Crippen molar-refractivity contribution in [3.63, 3.8) is 0 Å². The molecule has 2 aromatic rings. The number of aliphatic hydroxyl groups is 1. The van der Waals surface area contributed by atoms with E-state index in [9.17, 15) is 9.90 Å². The van der Waals surface area contributed by atoms with Gasteiger partial charge < -0.3 is 10.4 Å². The smallest absolute Gasteiger partial charge is 0.251 e. The van der Waals surface area contributed by atoms with Gasteiger partial charge in [0.25, 0.3) is 5.91 Å². The molecule has 142 valence electrons. The zero-order chi connectivity index (χ0) is 19.5. The second kappa shape index (κ2) is 10.5. The number of nitrogens with one attached hydrogen (secondary N) is 1. The molecule has 0 saturated heterocycles. The number of rotatable bonds is 11. The van der Waals surface area contributed by atoms with Crippen LogP contribution in [0.5, 0.6) is 0 Å². The number of hydrogen-bond acceptors (Lipinski definition) is 2. The van der Waals surface area contributed by atoms with Crippen LogP contribution in [0.25, 0.3) is 0 Å². The lowest BCUT2D eigenvalue weighted by Crippen LogP contribution is -2.27. The van der Waals surface area contributed by atoms with Gasteiger partial charge in [0.15, 0.2) is 0 Å². The Balaban J connectivity index is 1.80. The lowest BCUT2D eigenvalue weighted by atomic mass is 9.88. The monoisotopic (exact) mass is 363 g/mol. The number of aryl methyl sites for hydroxylation is 1. The topological polar surface area (TPSA) is 49.3 Å². The summed E-state index contributed by atoms with van der Waals surface area (Å²) in [6.07, 6.45) is 6.93. The molecule has 0 spiro atoms. The van der Waals surface area contributed by atoms with E-state index in [1.165, 1.54) is 11.1 Å². The van der Waals surface area contributed by atoms with Gasteiger partial charge in [0.2, 0.25) is 0 Å². The minimum atomic E-state index is -0.760. The highest BCUT2D eigenvalue weighted by Gasteiger charge is 2.23. The van der Waals surface area contributed by atoms with E-state index < -0.39 is 5.60 Å². The number of carbonyl (C=O) groups excluding carboxylic acids is 1. The molecule has 0 aromatic heterocycles. The van der Waals surface area contributed by atoms with Crippen molar-refractivity contribution < 1.29 is 9.90 Å². The highest BCUT2D eigenvalue weighted by molar-refractivity contribution is 5.94. The van der Waals surface area contributed by atoms with E-state index in [2.05, 4.69) is 42.7 Å². The molecule has 2 aromatic carbocycles. The first-order valence-electron chi connectivity index (χ1n) is 9.41. The van der Waals surface area contributed by atoms with E-state index >= 15 is 0 Å². The Morgan fingerprint density at radius 1 is 0.926 bits per heavy atom. The third-order valence-electron chi connectivity index (χ3n) is 4.69. The van der Waals surface area contributed by atoms with Crippen molar-refractivity contribution in [2.24, 2.45) is 0 Å². The summed E-state index contributed by atoms with van der Waals surface area (Å²) >= 11 is 0. The molecule has 2 rings (SSSR count). The molecule has 0 unspecified atom stereocenters. The van der Waals surface area contributed by atoms with Gasteiger partial charge in [0.1, 0.15) is 0 Å². The van der Waals surface area contributed by atoms with Gasteiger partial charge in [0, 0.05) is 12.1 Å². The molecule has 0 fully saturated rings. The highest BCUT2D eigenvalue weighted by atomic mass is 16.3. The molecule has 0 aliphatic rings. The van der Waals surface area contributed by atoms with Gasteiger partial charge in [-0.15, -0.1) is 13.2 Å². The summed E-state index contributed by atoms with van der Waals surface area (Å²) < 4.78 is 0. The molecule has 0 saturated carbocycles. The van der Waals surface area contributed by atoms with Crippen LogP contribution < -0.4 is 5.32 Å². The molecule has 0 aliphatic carbocycles. The van der Waals surface area contributed by atoms with Crippen molar-refractivity contribution in [1.82, 2.24) is 5.32 Å². The lowest BCUT2D eigenvalue weighted by Gasteiger charge is -2.25. The van der Waals surface area contributed by atoms with Crippen LogP contribution in [-0.2, 0) is 12.8 Å². The van der Waals surface area contributed by atoms with Gasteiger partial charge in [-0.3, -0.25) is 4.79 Å². The molecule has 0 aliphatic heterocycles. The maximum absolute atomic E-state index is 12.0. The van der Waals surface area contributed by atoms with Crippen LogP contribution in [-0.4, -0.2) is 23.2 Å². The van der Waals surface area contributed by atoms with Crippen molar-refractivity contribution in [3.8, 4) is 0 Å². The SMILES string of the molecule is C=CCC(O)(CC=C)CCc1ccc(CCNC(=O)c2ccccc2)cc1. The molecule has 1 amide bonds. The molecule has 3 heteroatoms. The molecule has 2 N–H and O–H groups in total. The van der Waals surface area contributed by atoms with Crippen molar-refractivity contribution in [1.29, 1.82) is 0 Å². The Hall–Kier alpha value is -2.65. The number of hydrogen-bond donors (Lipinski definition) is 2. The molecule has 0 bridgehead atoms. The van der Waals surface area contributed by atoms with Crippen molar-refractivity contribution in [2.45, 2.75) is 37.7 Å². The van der Waals surface area contributed by atoms with Crippen LogP contribution in [0, 0.1) is 0 Å². The van der Waals surface area contributed by atoms with E-state index in [4.69, 9.17) is 0 Å². The Kier molecular flexibility index (Phi) is 8.02. The average molecular weight is 364 g/mol. The Morgan fingerprint density at radius 3 is 2.04 bits per heavy atom. The third-order valence-corrected chi connectivity index (χ3v) is 4.69. The quantitative estimate of drug-likeness (QED) is 0.579. The third kappa shape index (κ3) is 6.87. The normalized spacial score (nSPS) is 11.0. The number of benzene rings is 2. The van der Waals surface area contributed by atoms with Crippen LogP contribution in [0.1, 0.15) is 40.7 Å². The Bertz CT molecular complexity index is 725. The molecular weight excluding hydrogens is 334 g/mol. The maximum Gasteiger partial charge on any atom is 0.251 e. The van der Waals surface area contributed by atoms with Gasteiger partial charge in [0.05, 0.1) is 5.60 Å². The maximum atomic E-state index is 12.0. The summed E-state index contributed by atoms with van der Waals surface area (Å²) in [5, 5.41) is 13.6. The second-order valence-corrected chi connectivity index (χ2v) is 6.90. The first-order valence-corrected chi connectivity index (χ1v) is 9.41. The van der Waals surface area contributed by atoms with Crippen LogP contribution in [0.15, 0.2) is 79.9 Å². The summed E-state index contributed by atoms with van der Waals surface area (Å²) in [5.74, 6) is -0.0454. The summed E-state index contributed by atoms with van der Waals surface area (Å²) in [7, 11) is 0. The average Bonchev–Trinajstić information content (AvgIpc) is 2.68. The zero-order valence-corrected chi connectivity index (χ0v) is 15.9. The summed E-state index contributed by atoms with van der Waals surface area (Å²) in [5.41, 5.74) is 2.29. The first kappa shape index (κ1) is 20.7. The van der Waals surface area contributed by atoms with Crippen LogP contribution >= 0.6 is 0 Å². The van der Waals surface area contributed by atoms with Gasteiger partial charge >= 0.3 is 0 Å². The van der Waals surface area contributed by atoms with Crippen molar-refractivity contribution in [2.75, 3.05) is 6.54 Å². The molecule has 0 radical (unpaired) electrons. The molecular formula is C24H29NO2. The number of amides is 1. The van der Waals surface area contributed by atoms with Crippen LogP contribution in [0.3, 0.4) is 0 Å². The molecule has 27 heavy (non-hydrogen) atoms. The van der Waals surface area contributed by atoms with Crippen LogP contribution in [0.2, 0.25) is 0 Å². The predicted molar refractivity (Wildman–Crippen MR) is 112 cm³/mol. The van der Waals surface area contributed by atoms with Gasteiger partial charge in [-0.2, -0.15) is 0 Å². The molecule has 0 atom stereocenters. The minimum Gasteiger partial charge on any atom is -0.389 e. The van der Waals surface area contributed by atoms with E-state index in [1.54, 1.807) is 12.2 Å². The fraction of sp³-hybridized carbons (Fsp3) is 0.292. The second-order valence-electron chi connectivity index (χ2n) is 6.90. The zero-order valence-electron chi connectivity index (χ0n) is 15.9. The van der Waals surface area contributed by atoms with E-state index in [1.807, 2.05) is 30.3 Å². The fourth-order valence-electron chi connectivity index (χ4n) is 3.09. The van der Waals surface area contributed by atoms with E-state index in [0.717, 1.165) is 12.8 Å². The molecule has 0 heterocycles. The summed E-state index contributed by atoms with van der Waals surface area (Å²) in [4.78, 5) is 12.0. The van der Waals surface area contributed by atoms with Gasteiger partial charge in [-0.05, 0) is 55.4 Å². The Labute approximate surface area is 162 Å². The summed E-state index contributed by atoms with van der Waals surface area (Å²) in [6.45, 7) is 8.06. The number of carbonyl (C=O) groups is 1. The molecule has 3 nitrogen and oxygen atoms in total. The summed E-state index contributed by atoms with van der Waals surface area (Å²) in [6, 6.07) is 17.6. The van der Waals surface area contributed by atoms with Crippen LogP contribution in [0.4, 0.5) is 0 Å². The standard InChI is InChI=1S/C24H29NO2/c1-3-16-24(27,17-4-2)18-14-20-10-12-21(13-11-20)15-19-25-23(26)22-8-6-5-7-9-22/h3-13,27H,1-2,14-19H2,(H,25,26). The largest absolute Gasteiger partial charge is 0.389 e. The minimum absolute atomic E-state index is 0.0454. The van der Waals surface area contributed by atoms with Crippen molar-refractivity contribution in [3.05, 3.63) is 96.6 Å². The fourth-order valence-corrected chi connectivity index (χ4v) is 3.09. The highest BCUT2D eigenvalue weighted by Crippen LogP contribution is 2.23. The van der Waals surface area contributed by atoms with Gasteiger partial charge in [-0.1, -0.05) is 54.6 Å².